The van der Waals surface area contributed by atoms with E-state index in [0.29, 0.717) is 12.1 Å². The molecule has 1 N–H and O–H groups in total. The fourth-order valence-corrected chi connectivity index (χ4v) is 4.08. The van der Waals surface area contributed by atoms with Crippen LogP contribution >= 0.6 is 22.9 Å². The largest absolute Gasteiger partial charge is 0.322 e. The van der Waals surface area contributed by atoms with Crippen molar-refractivity contribution in [3.05, 3.63) is 98.0 Å². The lowest BCUT2D eigenvalue weighted by Crippen LogP contribution is -2.12. The van der Waals surface area contributed by atoms with Gasteiger partial charge in [0.25, 0.3) is 11.6 Å². The molecular formula is C21H14ClN3O3S. The second-order valence-corrected chi connectivity index (χ2v) is 7.85. The highest BCUT2D eigenvalue weighted by Gasteiger charge is 2.16. The molecule has 3 aromatic carbocycles. The van der Waals surface area contributed by atoms with Gasteiger partial charge in [-0.2, -0.15) is 0 Å². The standard InChI is InChI=1S/C21H14ClN3O3S/c22-17-10-9-15(25(27)28)12-16(17)21(26)23-14-7-5-13(6-8-14)11-20-24-18-3-1-2-4-19(18)29-20/h1-10,12H,11H2,(H,23,26). The zero-order valence-corrected chi connectivity index (χ0v) is 16.5. The van der Waals surface area contributed by atoms with Gasteiger partial charge in [0.05, 0.1) is 30.7 Å². The molecule has 0 atom stereocenters. The third-order valence-electron chi connectivity index (χ3n) is 4.31. The molecule has 0 aliphatic heterocycles. The molecule has 1 aromatic heterocycles. The number of nitrogens with one attached hydrogen (secondary N) is 1. The quantitative estimate of drug-likeness (QED) is 0.329. The number of amides is 1. The second kappa shape index (κ2) is 7.98. The number of hydrogen-bond donors (Lipinski definition) is 1. The molecule has 0 bridgehead atoms. The van der Waals surface area contributed by atoms with Gasteiger partial charge in [-0.1, -0.05) is 35.9 Å². The molecule has 0 aliphatic rings. The van der Waals surface area contributed by atoms with Crippen LogP contribution in [0.3, 0.4) is 0 Å². The van der Waals surface area contributed by atoms with E-state index in [2.05, 4.69) is 10.3 Å². The normalized spacial score (nSPS) is 10.8. The van der Waals surface area contributed by atoms with E-state index in [1.807, 2.05) is 36.4 Å². The van der Waals surface area contributed by atoms with Gasteiger partial charge in [-0.15, -0.1) is 11.3 Å². The summed E-state index contributed by atoms with van der Waals surface area (Å²) in [6, 6.07) is 19.2. The van der Waals surface area contributed by atoms with Gasteiger partial charge in [-0.25, -0.2) is 4.98 Å². The smallest absolute Gasteiger partial charge is 0.270 e. The number of carbonyl (C=O) groups is 1. The maximum Gasteiger partial charge on any atom is 0.270 e. The Balaban J connectivity index is 1.47. The molecule has 0 radical (unpaired) electrons. The zero-order chi connectivity index (χ0) is 20.4. The molecule has 0 fully saturated rings. The van der Waals surface area contributed by atoms with E-state index < -0.39 is 10.8 Å². The Hall–Kier alpha value is -3.29. The van der Waals surface area contributed by atoms with Crippen molar-refractivity contribution in [3.63, 3.8) is 0 Å². The highest BCUT2D eigenvalue weighted by atomic mass is 35.5. The van der Waals surface area contributed by atoms with Gasteiger partial charge in [-0.05, 0) is 35.9 Å². The fraction of sp³-hybridized carbons (Fsp3) is 0.0476. The lowest BCUT2D eigenvalue weighted by Gasteiger charge is -2.07. The molecule has 144 valence electrons. The summed E-state index contributed by atoms with van der Waals surface area (Å²) < 4.78 is 1.15. The third kappa shape index (κ3) is 4.26. The topological polar surface area (TPSA) is 85.1 Å². The number of rotatable bonds is 5. The molecule has 0 aliphatic carbocycles. The minimum Gasteiger partial charge on any atom is -0.322 e. The molecule has 0 unspecified atom stereocenters. The monoisotopic (exact) mass is 423 g/mol. The fourth-order valence-electron chi connectivity index (χ4n) is 2.88. The number of nitro groups is 1. The maximum atomic E-state index is 12.5. The van der Waals surface area contributed by atoms with E-state index >= 15 is 0 Å². The van der Waals surface area contributed by atoms with Crippen molar-refractivity contribution in [2.24, 2.45) is 0 Å². The van der Waals surface area contributed by atoms with Crippen LogP contribution in [-0.2, 0) is 6.42 Å². The molecular weight excluding hydrogens is 410 g/mol. The van der Waals surface area contributed by atoms with E-state index in [-0.39, 0.29) is 16.3 Å². The number of hydrogen-bond acceptors (Lipinski definition) is 5. The summed E-state index contributed by atoms with van der Waals surface area (Å²) in [5, 5.41) is 14.8. The summed E-state index contributed by atoms with van der Waals surface area (Å²) in [6.07, 6.45) is 0.699. The molecule has 1 amide bonds. The van der Waals surface area contributed by atoms with Gasteiger partial charge in [0.1, 0.15) is 0 Å². The van der Waals surface area contributed by atoms with Crippen LogP contribution in [0.1, 0.15) is 20.9 Å². The van der Waals surface area contributed by atoms with E-state index in [4.69, 9.17) is 11.6 Å². The van der Waals surface area contributed by atoms with Crippen LogP contribution in [0.4, 0.5) is 11.4 Å². The van der Waals surface area contributed by atoms with Crippen LogP contribution in [0.15, 0.2) is 66.7 Å². The second-order valence-electron chi connectivity index (χ2n) is 6.32. The molecule has 0 saturated carbocycles. The number of carbonyl (C=O) groups excluding carboxylic acids is 1. The first kappa shape index (κ1) is 19.0. The summed E-state index contributed by atoms with van der Waals surface area (Å²) in [6.45, 7) is 0. The number of aromatic nitrogens is 1. The van der Waals surface area contributed by atoms with Crippen molar-refractivity contribution < 1.29 is 9.72 Å². The van der Waals surface area contributed by atoms with E-state index in [0.717, 1.165) is 20.8 Å². The van der Waals surface area contributed by atoms with E-state index in [1.165, 1.54) is 18.2 Å². The zero-order valence-electron chi connectivity index (χ0n) is 15.0. The molecule has 0 spiro atoms. The first-order valence-corrected chi connectivity index (χ1v) is 9.88. The number of nitrogens with zero attached hydrogens (tertiary/aromatic N) is 2. The van der Waals surface area contributed by atoms with Gasteiger partial charge in [-0.3, -0.25) is 14.9 Å². The summed E-state index contributed by atoms with van der Waals surface area (Å²) in [7, 11) is 0. The Kier molecular flexibility index (Phi) is 5.24. The first-order chi connectivity index (χ1) is 14.0. The van der Waals surface area contributed by atoms with Crippen LogP contribution in [0, 0.1) is 10.1 Å². The summed E-state index contributed by atoms with van der Waals surface area (Å²) in [4.78, 5) is 27.4. The Morgan fingerprint density at radius 2 is 1.86 bits per heavy atom. The van der Waals surface area contributed by atoms with E-state index in [9.17, 15) is 14.9 Å². The molecule has 0 saturated heterocycles. The van der Waals surface area contributed by atoms with Crippen molar-refractivity contribution in [1.82, 2.24) is 4.98 Å². The summed E-state index contributed by atoms with van der Waals surface area (Å²) in [5.41, 5.74) is 2.50. The van der Waals surface area contributed by atoms with Crippen molar-refractivity contribution >= 4 is 50.4 Å². The van der Waals surface area contributed by atoms with E-state index in [1.54, 1.807) is 23.5 Å². The number of benzene rings is 3. The molecule has 8 heteroatoms. The van der Waals surface area contributed by atoms with Crippen LogP contribution in [-0.4, -0.2) is 15.8 Å². The Bertz CT molecular complexity index is 1190. The van der Waals surface area contributed by atoms with Crippen LogP contribution < -0.4 is 5.32 Å². The van der Waals surface area contributed by atoms with Gasteiger partial charge in [0.15, 0.2) is 0 Å². The molecule has 4 rings (SSSR count). The highest BCUT2D eigenvalue weighted by molar-refractivity contribution is 7.18. The molecule has 4 aromatic rings. The average Bonchev–Trinajstić information content (AvgIpc) is 3.12. The predicted octanol–water partition coefficient (Wildman–Crippen LogP) is 5.70. The highest BCUT2D eigenvalue weighted by Crippen LogP contribution is 2.25. The maximum absolute atomic E-state index is 12.5. The minimum atomic E-state index is -0.566. The number of fused-ring (bicyclic) bond motifs is 1. The summed E-state index contributed by atoms with van der Waals surface area (Å²) in [5.74, 6) is -0.502. The Morgan fingerprint density at radius 1 is 1.10 bits per heavy atom. The third-order valence-corrected chi connectivity index (χ3v) is 5.68. The van der Waals surface area contributed by atoms with Crippen LogP contribution in [0.2, 0.25) is 5.02 Å². The lowest BCUT2D eigenvalue weighted by atomic mass is 10.1. The van der Waals surface area contributed by atoms with Crippen molar-refractivity contribution in [1.29, 1.82) is 0 Å². The number of thiazole rings is 1. The summed E-state index contributed by atoms with van der Waals surface area (Å²) >= 11 is 7.68. The number of halogens is 1. The number of non-ortho nitro benzene ring substituents is 1. The minimum absolute atomic E-state index is 0.0550. The molecule has 29 heavy (non-hydrogen) atoms. The van der Waals surface area contributed by atoms with Crippen molar-refractivity contribution in [2.45, 2.75) is 6.42 Å². The van der Waals surface area contributed by atoms with Gasteiger partial charge in [0, 0.05) is 24.2 Å². The average molecular weight is 424 g/mol. The first-order valence-electron chi connectivity index (χ1n) is 8.68. The SMILES string of the molecule is O=C(Nc1ccc(Cc2nc3ccccc3s2)cc1)c1cc([N+](=O)[O-])ccc1Cl. The predicted molar refractivity (Wildman–Crippen MR) is 115 cm³/mol. The van der Waals surface area contributed by atoms with Crippen molar-refractivity contribution in [2.75, 3.05) is 5.32 Å². The van der Waals surface area contributed by atoms with Gasteiger partial charge in [0.2, 0.25) is 0 Å². The van der Waals surface area contributed by atoms with Gasteiger partial charge < -0.3 is 5.32 Å². The molecule has 6 nitrogen and oxygen atoms in total. The number of nitro benzene ring substituents is 1. The Labute approximate surface area is 174 Å². The Morgan fingerprint density at radius 3 is 2.59 bits per heavy atom. The van der Waals surface area contributed by atoms with Crippen LogP contribution in [0.5, 0.6) is 0 Å². The van der Waals surface area contributed by atoms with Gasteiger partial charge >= 0.3 is 0 Å². The number of anilines is 1. The number of para-hydroxylation sites is 1. The molecule has 1 heterocycles. The van der Waals surface area contributed by atoms with Crippen LogP contribution in [0.25, 0.3) is 10.2 Å². The van der Waals surface area contributed by atoms with Crippen molar-refractivity contribution in [3.8, 4) is 0 Å². The lowest BCUT2D eigenvalue weighted by molar-refractivity contribution is -0.384.